The molecule has 17 heavy (non-hydrogen) atoms. The van der Waals surface area contributed by atoms with Crippen LogP contribution in [0.5, 0.6) is 0 Å². The Morgan fingerprint density at radius 3 is 2.41 bits per heavy atom. The van der Waals surface area contributed by atoms with Gasteiger partial charge < -0.3 is 10.1 Å². The number of aryl methyl sites for hydroxylation is 2. The number of anilines is 1. The molecule has 0 unspecified atom stereocenters. The molecule has 3 heteroatoms. The number of nitrogens with one attached hydrogen (secondary N) is 1. The maximum Gasteiger partial charge on any atom is 0.0614 e. The second-order valence-electron chi connectivity index (χ2n) is 4.80. The van der Waals surface area contributed by atoms with Crippen LogP contribution in [0.1, 0.15) is 30.9 Å². The van der Waals surface area contributed by atoms with E-state index in [2.05, 4.69) is 54.2 Å². The van der Waals surface area contributed by atoms with Gasteiger partial charge in [-0.25, -0.2) is 0 Å². The molecule has 2 nitrogen and oxygen atoms in total. The molecule has 0 saturated heterocycles. The van der Waals surface area contributed by atoms with E-state index in [9.17, 15) is 0 Å². The molecule has 1 fully saturated rings. The smallest absolute Gasteiger partial charge is 0.0614 e. The molecular formula is C14H20BrNO. The van der Waals surface area contributed by atoms with E-state index in [1.165, 1.54) is 16.8 Å². The summed E-state index contributed by atoms with van der Waals surface area (Å²) in [5, 5.41) is 3.63. The van der Waals surface area contributed by atoms with Crippen molar-refractivity contribution >= 4 is 21.6 Å². The molecule has 2 rings (SSSR count). The Morgan fingerprint density at radius 1 is 1.29 bits per heavy atom. The average molecular weight is 298 g/mol. The fraction of sp³-hybridized carbons (Fsp3) is 0.571. The van der Waals surface area contributed by atoms with Gasteiger partial charge in [-0.1, -0.05) is 15.9 Å². The van der Waals surface area contributed by atoms with Crippen LogP contribution in [0.3, 0.4) is 0 Å². The normalized spacial score (nSPS) is 23.3. The van der Waals surface area contributed by atoms with Gasteiger partial charge >= 0.3 is 0 Å². The van der Waals surface area contributed by atoms with E-state index in [1.807, 2.05) is 0 Å². The first-order valence-corrected chi connectivity index (χ1v) is 7.04. The zero-order valence-electron chi connectivity index (χ0n) is 10.7. The van der Waals surface area contributed by atoms with Gasteiger partial charge in [0.15, 0.2) is 0 Å². The molecule has 1 saturated carbocycles. The summed E-state index contributed by atoms with van der Waals surface area (Å²) < 4.78 is 6.73. The number of hydrogen-bond donors (Lipinski definition) is 1. The molecule has 0 bridgehead atoms. The minimum atomic E-state index is 0.466. The van der Waals surface area contributed by atoms with Gasteiger partial charge in [0.2, 0.25) is 0 Å². The quantitative estimate of drug-likeness (QED) is 0.905. The molecule has 0 amide bonds. The van der Waals surface area contributed by atoms with Crippen molar-refractivity contribution in [3.05, 3.63) is 27.7 Å². The molecule has 0 atom stereocenters. The Morgan fingerprint density at radius 2 is 1.88 bits per heavy atom. The number of halogens is 1. The maximum atomic E-state index is 5.58. The summed E-state index contributed by atoms with van der Waals surface area (Å²) in [6, 6.07) is 4.90. The lowest BCUT2D eigenvalue weighted by Crippen LogP contribution is -2.41. The molecule has 0 aliphatic heterocycles. The van der Waals surface area contributed by atoms with Gasteiger partial charge in [0.1, 0.15) is 0 Å². The summed E-state index contributed by atoms with van der Waals surface area (Å²) in [7, 11) is 0. The van der Waals surface area contributed by atoms with Crippen LogP contribution in [0, 0.1) is 13.8 Å². The van der Waals surface area contributed by atoms with Gasteiger partial charge in [-0.05, 0) is 56.9 Å². The Kier molecular flexibility index (Phi) is 4.10. The second-order valence-corrected chi connectivity index (χ2v) is 5.72. The highest BCUT2D eigenvalue weighted by Crippen LogP contribution is 2.31. The minimum Gasteiger partial charge on any atom is -0.382 e. The first kappa shape index (κ1) is 12.9. The van der Waals surface area contributed by atoms with E-state index >= 15 is 0 Å². The van der Waals surface area contributed by atoms with Crippen molar-refractivity contribution in [3.8, 4) is 0 Å². The van der Waals surface area contributed by atoms with Crippen LogP contribution < -0.4 is 5.32 Å². The van der Waals surface area contributed by atoms with Crippen LogP contribution in [0.15, 0.2) is 16.6 Å². The van der Waals surface area contributed by atoms with Crippen LogP contribution in [-0.2, 0) is 4.74 Å². The Hall–Kier alpha value is -0.540. The van der Waals surface area contributed by atoms with Crippen molar-refractivity contribution in [2.45, 2.75) is 45.8 Å². The number of hydrogen-bond acceptors (Lipinski definition) is 2. The predicted octanol–water partition coefficient (Wildman–Crippen LogP) is 4.05. The number of benzene rings is 1. The second kappa shape index (κ2) is 5.40. The molecule has 1 aromatic rings. The molecule has 0 radical (unpaired) electrons. The van der Waals surface area contributed by atoms with Crippen molar-refractivity contribution in [1.82, 2.24) is 0 Å². The van der Waals surface area contributed by atoms with Gasteiger partial charge in [-0.15, -0.1) is 0 Å². The van der Waals surface area contributed by atoms with Crippen LogP contribution in [-0.4, -0.2) is 18.8 Å². The highest BCUT2D eigenvalue weighted by Gasteiger charge is 2.29. The molecule has 0 heterocycles. The summed E-state index contributed by atoms with van der Waals surface area (Å²) >= 11 is 3.53. The Labute approximate surface area is 112 Å². The first-order chi connectivity index (χ1) is 8.10. The predicted molar refractivity (Wildman–Crippen MR) is 75.7 cm³/mol. The maximum absolute atomic E-state index is 5.58. The van der Waals surface area contributed by atoms with E-state index in [-0.39, 0.29) is 0 Å². The molecule has 94 valence electrons. The fourth-order valence-corrected chi connectivity index (χ4v) is 3.08. The average Bonchev–Trinajstić information content (AvgIpc) is 2.18. The SMILES string of the molecule is CCOC1CC(Nc2c(C)cc(Br)cc2C)C1. The Bertz CT molecular complexity index is 376. The van der Waals surface area contributed by atoms with Crippen LogP contribution in [0.2, 0.25) is 0 Å². The van der Waals surface area contributed by atoms with Gasteiger partial charge in [-0.2, -0.15) is 0 Å². The number of rotatable bonds is 4. The molecule has 1 aromatic carbocycles. The fourth-order valence-electron chi connectivity index (χ4n) is 2.40. The van der Waals surface area contributed by atoms with Gasteiger partial charge in [0.25, 0.3) is 0 Å². The molecule has 0 aromatic heterocycles. The lowest BCUT2D eigenvalue weighted by molar-refractivity contribution is 0.00297. The van der Waals surface area contributed by atoms with Gasteiger partial charge in [0, 0.05) is 22.8 Å². The zero-order chi connectivity index (χ0) is 12.4. The monoisotopic (exact) mass is 297 g/mol. The Balaban J connectivity index is 1.97. The summed E-state index contributed by atoms with van der Waals surface area (Å²) in [4.78, 5) is 0. The van der Waals surface area contributed by atoms with E-state index in [1.54, 1.807) is 0 Å². The lowest BCUT2D eigenvalue weighted by atomic mass is 9.88. The van der Waals surface area contributed by atoms with E-state index in [0.717, 1.165) is 23.9 Å². The molecular weight excluding hydrogens is 278 g/mol. The number of ether oxygens (including phenoxy) is 1. The van der Waals surface area contributed by atoms with Crippen molar-refractivity contribution < 1.29 is 4.74 Å². The van der Waals surface area contributed by atoms with E-state index in [0.29, 0.717) is 12.1 Å². The summed E-state index contributed by atoms with van der Waals surface area (Å²) in [5.74, 6) is 0. The summed E-state index contributed by atoms with van der Waals surface area (Å²) in [5.41, 5.74) is 3.89. The van der Waals surface area contributed by atoms with Crippen LogP contribution >= 0.6 is 15.9 Å². The third-order valence-corrected chi connectivity index (χ3v) is 3.80. The van der Waals surface area contributed by atoms with Crippen molar-refractivity contribution in [2.75, 3.05) is 11.9 Å². The zero-order valence-corrected chi connectivity index (χ0v) is 12.3. The summed E-state index contributed by atoms with van der Waals surface area (Å²) in [6.07, 6.45) is 2.72. The largest absolute Gasteiger partial charge is 0.382 e. The molecule has 1 aliphatic rings. The molecule has 1 N–H and O–H groups in total. The molecule has 0 spiro atoms. The van der Waals surface area contributed by atoms with Crippen LogP contribution in [0.4, 0.5) is 5.69 Å². The van der Waals surface area contributed by atoms with E-state index in [4.69, 9.17) is 4.74 Å². The molecule has 1 aliphatic carbocycles. The topological polar surface area (TPSA) is 21.3 Å². The third kappa shape index (κ3) is 3.02. The van der Waals surface area contributed by atoms with Crippen molar-refractivity contribution in [2.24, 2.45) is 0 Å². The third-order valence-electron chi connectivity index (χ3n) is 3.34. The van der Waals surface area contributed by atoms with E-state index < -0.39 is 0 Å². The highest BCUT2D eigenvalue weighted by molar-refractivity contribution is 9.10. The lowest BCUT2D eigenvalue weighted by Gasteiger charge is -2.36. The standard InChI is InChI=1S/C14H20BrNO/c1-4-17-13-7-12(8-13)16-14-9(2)5-11(15)6-10(14)3/h5-6,12-13,16H,4,7-8H2,1-3H3. The van der Waals surface area contributed by atoms with Crippen molar-refractivity contribution in [3.63, 3.8) is 0 Å². The summed E-state index contributed by atoms with van der Waals surface area (Å²) in [6.45, 7) is 7.19. The first-order valence-electron chi connectivity index (χ1n) is 6.25. The minimum absolute atomic E-state index is 0.466. The van der Waals surface area contributed by atoms with Crippen LogP contribution in [0.25, 0.3) is 0 Å². The highest BCUT2D eigenvalue weighted by atomic mass is 79.9. The van der Waals surface area contributed by atoms with Gasteiger partial charge in [0.05, 0.1) is 6.10 Å². The van der Waals surface area contributed by atoms with Gasteiger partial charge in [-0.3, -0.25) is 0 Å². The van der Waals surface area contributed by atoms with Crippen molar-refractivity contribution in [1.29, 1.82) is 0 Å².